The molecule has 1 aromatic heterocycles. The van der Waals surface area contributed by atoms with Crippen LogP contribution in [-0.4, -0.2) is 48.6 Å². The highest BCUT2D eigenvalue weighted by atomic mass is 35.5. The summed E-state index contributed by atoms with van der Waals surface area (Å²) in [6, 6.07) is 2.10. The molecule has 1 fully saturated rings. The van der Waals surface area contributed by atoms with Crippen LogP contribution in [0.25, 0.3) is 0 Å². The molecule has 2 unspecified atom stereocenters. The average molecular weight is 587 g/mol. The lowest BCUT2D eigenvalue weighted by atomic mass is 9.89. The summed E-state index contributed by atoms with van der Waals surface area (Å²) in [4.78, 5) is 27.8. The first-order valence-corrected chi connectivity index (χ1v) is 14.5. The third-order valence-corrected chi connectivity index (χ3v) is 6.96. The zero-order valence-corrected chi connectivity index (χ0v) is 25.7. The number of hydrogen-bond donors (Lipinski definition) is 3. The predicted octanol–water partition coefficient (Wildman–Crippen LogP) is 7.59. The second-order valence-electron chi connectivity index (χ2n) is 9.11. The van der Waals surface area contributed by atoms with Crippen molar-refractivity contribution in [3.63, 3.8) is 0 Å². The Morgan fingerprint density at radius 3 is 2.46 bits per heavy atom. The number of aromatic nitrogens is 1. The topological polar surface area (TPSA) is 113 Å². The number of nitrogens with one attached hydrogen (secondary N) is 2. The third kappa shape index (κ3) is 13.7. The van der Waals surface area contributed by atoms with Crippen LogP contribution in [0.2, 0.25) is 5.02 Å². The number of allylic oxidation sites excluding steroid dienone is 5. The minimum absolute atomic E-state index is 0.00385. The summed E-state index contributed by atoms with van der Waals surface area (Å²) in [7, 11) is 0. The van der Waals surface area contributed by atoms with Gasteiger partial charge in [-0.05, 0) is 63.0 Å². The van der Waals surface area contributed by atoms with Gasteiger partial charge in [0.2, 0.25) is 6.41 Å². The van der Waals surface area contributed by atoms with E-state index in [2.05, 4.69) is 66.4 Å². The molecule has 0 aliphatic heterocycles. The summed E-state index contributed by atoms with van der Waals surface area (Å²) in [6.45, 7) is 12.0. The van der Waals surface area contributed by atoms with Crippen LogP contribution in [0.3, 0.4) is 0 Å². The Morgan fingerprint density at radius 2 is 1.93 bits per heavy atom. The lowest BCUT2D eigenvalue weighted by Crippen LogP contribution is -2.29. The smallest absolute Gasteiger partial charge is 0.290 e. The van der Waals surface area contributed by atoms with Crippen LogP contribution in [0.4, 0.5) is 11.5 Å². The number of carboxylic acid groups (broad SMARTS) is 1. The van der Waals surface area contributed by atoms with Crippen LogP contribution >= 0.6 is 11.6 Å². The van der Waals surface area contributed by atoms with Gasteiger partial charge in [0, 0.05) is 12.0 Å². The molecule has 226 valence electrons. The van der Waals surface area contributed by atoms with Gasteiger partial charge in [0.25, 0.3) is 6.47 Å². The van der Waals surface area contributed by atoms with Gasteiger partial charge in [-0.3, -0.25) is 9.59 Å². The number of carbonyl (C=O) groups excluding carboxylic acids is 1. The fourth-order valence-electron chi connectivity index (χ4n) is 4.60. The Hall–Kier alpha value is -3.41. The standard InChI is InChI=1S/C27H37ClN4O2.C2H6.C2H2.CH2O2/c1-4-20(21-12-14-22(15-13-21)30-17-33)11-10-19(2)26-24(28)16-25(27(29-3)32-26)31-18-34-23-8-6-5-7-9-23;2*1-2;2-1-3/h4,10-12,16-17,19,22-23,31H,3,5-9,13-15,18H2,1-2H3,(H,30,33);1-2H3;1-2H;1H,(H,2,3)/b11-10-,20-4+;;;. The second-order valence-corrected chi connectivity index (χ2v) is 9.52. The van der Waals surface area contributed by atoms with Gasteiger partial charge in [0.05, 0.1) is 22.5 Å². The van der Waals surface area contributed by atoms with Crippen LogP contribution in [-0.2, 0) is 14.3 Å². The molecular formula is C32H47ClN4O4. The molecule has 1 saturated carbocycles. The van der Waals surface area contributed by atoms with Gasteiger partial charge >= 0.3 is 0 Å². The average Bonchev–Trinajstić information content (AvgIpc) is 3.01. The zero-order chi connectivity index (χ0) is 31.0. The highest BCUT2D eigenvalue weighted by molar-refractivity contribution is 6.31. The highest BCUT2D eigenvalue weighted by Gasteiger charge is 2.17. The van der Waals surface area contributed by atoms with E-state index in [4.69, 9.17) is 31.2 Å². The molecule has 1 heterocycles. The molecule has 2 atom stereocenters. The molecule has 3 N–H and O–H groups in total. The first-order chi connectivity index (χ1) is 20.0. The molecule has 0 aromatic carbocycles. The minimum atomic E-state index is -0.250. The lowest BCUT2D eigenvalue weighted by molar-refractivity contribution is -0.122. The highest BCUT2D eigenvalue weighted by Crippen LogP contribution is 2.33. The number of aliphatic imine (C=N–C) groups is 1. The molecule has 41 heavy (non-hydrogen) atoms. The summed E-state index contributed by atoms with van der Waals surface area (Å²) in [5, 5.41) is 13.6. The van der Waals surface area contributed by atoms with Crippen molar-refractivity contribution in [2.24, 2.45) is 4.99 Å². The maximum atomic E-state index is 10.7. The summed E-state index contributed by atoms with van der Waals surface area (Å²) in [5.41, 5.74) is 3.99. The molecule has 0 saturated heterocycles. The van der Waals surface area contributed by atoms with Crippen molar-refractivity contribution in [2.75, 3.05) is 12.0 Å². The number of halogens is 1. The SMILES string of the molecule is C#C.C=Nc1nc(C(C)/C=C\C(=C/C)C2=CCC(NC=O)CC2)c(Cl)cc1NCOC1CCCCC1.CC.O=CO. The Labute approximate surface area is 251 Å². The molecule has 2 aliphatic carbocycles. The summed E-state index contributed by atoms with van der Waals surface area (Å²) < 4.78 is 5.97. The van der Waals surface area contributed by atoms with E-state index in [0.717, 1.165) is 49.9 Å². The molecule has 1 amide bonds. The zero-order valence-electron chi connectivity index (χ0n) is 24.9. The number of carbonyl (C=O) groups is 2. The normalized spacial score (nSPS) is 17.6. The lowest BCUT2D eigenvalue weighted by Gasteiger charge is -2.22. The number of terminal acetylenes is 1. The predicted molar refractivity (Wildman–Crippen MR) is 171 cm³/mol. The van der Waals surface area contributed by atoms with Crippen LogP contribution in [0, 0.1) is 12.8 Å². The van der Waals surface area contributed by atoms with E-state index < -0.39 is 0 Å². The van der Waals surface area contributed by atoms with E-state index >= 15 is 0 Å². The van der Waals surface area contributed by atoms with Gasteiger partial charge in [0.1, 0.15) is 6.73 Å². The molecule has 1 aromatic rings. The van der Waals surface area contributed by atoms with Gasteiger partial charge in [-0.2, -0.15) is 0 Å². The fourth-order valence-corrected chi connectivity index (χ4v) is 4.93. The van der Waals surface area contributed by atoms with Crippen LogP contribution < -0.4 is 10.6 Å². The van der Waals surface area contributed by atoms with E-state index in [1.165, 1.54) is 30.4 Å². The Bertz CT molecular complexity index is 1030. The number of rotatable bonds is 11. The number of amides is 1. The molecule has 0 bridgehead atoms. The van der Waals surface area contributed by atoms with E-state index in [9.17, 15) is 4.79 Å². The third-order valence-electron chi connectivity index (χ3n) is 6.66. The first kappa shape index (κ1) is 37.6. The summed E-state index contributed by atoms with van der Waals surface area (Å²) in [5.74, 6) is 0.533. The molecule has 9 heteroatoms. The van der Waals surface area contributed by atoms with Crippen molar-refractivity contribution >= 4 is 42.7 Å². The van der Waals surface area contributed by atoms with Crippen LogP contribution in [0.5, 0.6) is 0 Å². The number of anilines is 1. The second kappa shape index (κ2) is 23.3. The summed E-state index contributed by atoms with van der Waals surface area (Å²) >= 11 is 6.62. The summed E-state index contributed by atoms with van der Waals surface area (Å²) in [6.07, 6.45) is 26.5. The van der Waals surface area contributed by atoms with Gasteiger partial charge in [-0.15, -0.1) is 12.8 Å². The fraction of sp³-hybridized carbons (Fsp3) is 0.500. The quantitative estimate of drug-likeness (QED) is 0.0809. The minimum Gasteiger partial charge on any atom is -0.483 e. The number of pyridine rings is 1. The van der Waals surface area contributed by atoms with Gasteiger partial charge < -0.3 is 20.5 Å². The monoisotopic (exact) mass is 586 g/mol. The van der Waals surface area contributed by atoms with E-state index in [0.29, 0.717) is 23.7 Å². The molecule has 0 spiro atoms. The van der Waals surface area contributed by atoms with Gasteiger partial charge in [-0.25, -0.2) is 9.98 Å². The molecule has 0 radical (unpaired) electrons. The van der Waals surface area contributed by atoms with Crippen LogP contribution in [0.15, 0.2) is 46.5 Å². The van der Waals surface area contributed by atoms with Crippen molar-refractivity contribution in [2.45, 2.75) is 97.1 Å². The Kier molecular flexibility index (Phi) is 21.4. The number of ether oxygens (including phenoxy) is 1. The molecule has 8 nitrogen and oxygen atoms in total. The molecular weight excluding hydrogens is 540 g/mol. The van der Waals surface area contributed by atoms with E-state index in [1.54, 1.807) is 0 Å². The van der Waals surface area contributed by atoms with Gasteiger partial charge in [-0.1, -0.05) is 75.9 Å². The van der Waals surface area contributed by atoms with Crippen molar-refractivity contribution in [3.05, 3.63) is 52.2 Å². The van der Waals surface area contributed by atoms with Crippen molar-refractivity contribution in [3.8, 4) is 12.8 Å². The van der Waals surface area contributed by atoms with E-state index in [1.807, 2.05) is 26.8 Å². The Balaban J connectivity index is 0.00000210. The number of nitrogens with zero attached hydrogens (tertiary/aromatic N) is 2. The van der Waals surface area contributed by atoms with Gasteiger partial charge in [0.15, 0.2) is 5.82 Å². The first-order valence-electron chi connectivity index (χ1n) is 14.1. The van der Waals surface area contributed by atoms with Crippen LogP contribution in [0.1, 0.15) is 90.7 Å². The van der Waals surface area contributed by atoms with Crippen molar-refractivity contribution in [1.29, 1.82) is 0 Å². The molecule has 2 aliphatic rings. The number of hydrogen-bond acceptors (Lipinski definition) is 6. The largest absolute Gasteiger partial charge is 0.483 e. The van der Waals surface area contributed by atoms with Crippen molar-refractivity contribution in [1.82, 2.24) is 10.3 Å². The Morgan fingerprint density at radius 1 is 1.27 bits per heavy atom. The maximum Gasteiger partial charge on any atom is 0.290 e. The van der Waals surface area contributed by atoms with E-state index in [-0.39, 0.29) is 18.4 Å². The van der Waals surface area contributed by atoms with Crippen molar-refractivity contribution < 1.29 is 19.4 Å². The maximum absolute atomic E-state index is 10.7. The molecule has 3 rings (SSSR count).